The molecule has 0 aromatic rings. The fourth-order valence-corrected chi connectivity index (χ4v) is 2.12. The van der Waals surface area contributed by atoms with Gasteiger partial charge in [0, 0.05) is 33.4 Å². The van der Waals surface area contributed by atoms with Gasteiger partial charge >= 0.3 is 6.09 Å². The van der Waals surface area contributed by atoms with Gasteiger partial charge < -0.3 is 9.64 Å². The summed E-state index contributed by atoms with van der Waals surface area (Å²) >= 11 is 13.7. The van der Waals surface area contributed by atoms with Crippen LogP contribution in [0.3, 0.4) is 0 Å². The highest BCUT2D eigenvalue weighted by Gasteiger charge is 2.20. The summed E-state index contributed by atoms with van der Waals surface area (Å²) in [6, 6.07) is 0. The van der Waals surface area contributed by atoms with Gasteiger partial charge in [0.05, 0.1) is 6.61 Å². The minimum Gasteiger partial charge on any atom is -0.450 e. The van der Waals surface area contributed by atoms with Crippen molar-refractivity contribution < 1.29 is 9.53 Å². The van der Waals surface area contributed by atoms with Gasteiger partial charge in [-0.2, -0.15) is 0 Å². The molecule has 0 aliphatic rings. The molecular formula is C9H15Br4NO2. The van der Waals surface area contributed by atoms with Gasteiger partial charge in [-0.1, -0.05) is 63.7 Å². The van der Waals surface area contributed by atoms with E-state index in [1.54, 1.807) is 4.90 Å². The van der Waals surface area contributed by atoms with E-state index in [-0.39, 0.29) is 15.7 Å². The maximum absolute atomic E-state index is 11.7. The van der Waals surface area contributed by atoms with Crippen LogP contribution in [-0.2, 0) is 4.74 Å². The Morgan fingerprint density at radius 1 is 1.19 bits per heavy atom. The van der Waals surface area contributed by atoms with E-state index in [1.165, 1.54) is 0 Å². The third-order valence-corrected chi connectivity index (χ3v) is 6.23. The van der Waals surface area contributed by atoms with Crippen molar-refractivity contribution in [2.75, 3.05) is 30.4 Å². The second-order valence-electron chi connectivity index (χ2n) is 3.11. The highest BCUT2D eigenvalue weighted by molar-refractivity contribution is 9.12. The monoisotopic (exact) mass is 485 g/mol. The smallest absolute Gasteiger partial charge is 0.409 e. The van der Waals surface area contributed by atoms with Gasteiger partial charge in [-0.25, -0.2) is 4.79 Å². The van der Waals surface area contributed by atoms with Gasteiger partial charge in [-0.05, 0) is 6.92 Å². The molecule has 0 saturated carbocycles. The predicted molar refractivity (Wildman–Crippen MR) is 81.6 cm³/mol. The summed E-state index contributed by atoms with van der Waals surface area (Å²) in [5, 5.41) is 1.59. The van der Waals surface area contributed by atoms with Crippen LogP contribution in [0.2, 0.25) is 0 Å². The molecule has 2 atom stereocenters. The molecule has 0 aromatic heterocycles. The first-order valence-corrected chi connectivity index (χ1v) is 8.94. The topological polar surface area (TPSA) is 29.5 Å². The zero-order valence-electron chi connectivity index (χ0n) is 8.97. The average molecular weight is 489 g/mol. The van der Waals surface area contributed by atoms with Gasteiger partial charge in [-0.15, -0.1) is 0 Å². The Labute approximate surface area is 130 Å². The first kappa shape index (κ1) is 17.2. The Bertz CT molecular complexity index is 194. The molecule has 96 valence electrons. The summed E-state index contributed by atoms with van der Waals surface area (Å²) in [5.74, 6) is 0. The van der Waals surface area contributed by atoms with E-state index in [4.69, 9.17) is 4.74 Å². The van der Waals surface area contributed by atoms with Crippen molar-refractivity contribution >= 4 is 69.8 Å². The van der Waals surface area contributed by atoms with Gasteiger partial charge in [-0.3, -0.25) is 0 Å². The Balaban J connectivity index is 4.31. The molecule has 0 rings (SSSR count). The third-order valence-electron chi connectivity index (χ3n) is 1.70. The van der Waals surface area contributed by atoms with Gasteiger partial charge in [0.2, 0.25) is 0 Å². The lowest BCUT2D eigenvalue weighted by atomic mass is 10.4. The van der Waals surface area contributed by atoms with Crippen LogP contribution in [0.4, 0.5) is 4.79 Å². The lowest BCUT2D eigenvalue weighted by molar-refractivity contribution is 0.109. The van der Waals surface area contributed by atoms with Crippen LogP contribution in [-0.4, -0.2) is 51.0 Å². The summed E-state index contributed by atoms with van der Waals surface area (Å²) in [6.45, 7) is 3.46. The van der Waals surface area contributed by atoms with Crippen LogP contribution in [0.25, 0.3) is 0 Å². The van der Waals surface area contributed by atoms with Crippen molar-refractivity contribution in [1.29, 1.82) is 0 Å². The summed E-state index contributed by atoms with van der Waals surface area (Å²) in [4.78, 5) is 13.8. The first-order valence-electron chi connectivity index (χ1n) is 4.86. The van der Waals surface area contributed by atoms with E-state index < -0.39 is 0 Å². The maximum atomic E-state index is 11.7. The third kappa shape index (κ3) is 7.50. The van der Waals surface area contributed by atoms with Crippen molar-refractivity contribution in [3.05, 3.63) is 0 Å². The van der Waals surface area contributed by atoms with E-state index in [1.807, 2.05) is 6.92 Å². The van der Waals surface area contributed by atoms with Crippen molar-refractivity contribution in [3.8, 4) is 0 Å². The predicted octanol–water partition coefficient (Wildman–Crippen LogP) is 3.76. The van der Waals surface area contributed by atoms with E-state index in [9.17, 15) is 4.79 Å². The molecule has 0 heterocycles. The van der Waals surface area contributed by atoms with Crippen LogP contribution < -0.4 is 0 Å². The van der Waals surface area contributed by atoms with Gasteiger partial charge in [0.25, 0.3) is 0 Å². The van der Waals surface area contributed by atoms with E-state index in [0.29, 0.717) is 19.7 Å². The largest absolute Gasteiger partial charge is 0.450 e. The molecule has 3 nitrogen and oxygen atoms in total. The molecule has 0 saturated heterocycles. The molecule has 0 N–H and O–H groups in total. The zero-order chi connectivity index (χ0) is 12.6. The number of nitrogens with zero attached hydrogens (tertiary/aromatic N) is 1. The highest BCUT2D eigenvalue weighted by atomic mass is 79.9. The second kappa shape index (κ2) is 10.1. The Morgan fingerprint density at radius 3 is 1.94 bits per heavy atom. The number of hydrogen-bond acceptors (Lipinski definition) is 2. The standard InChI is InChI=1S/C9H15Br4NO2/c1-2-16-9(15)14(5-7(12)3-10)6-8(13)4-11/h7-8H,2-6H2,1H3. The quantitative estimate of drug-likeness (QED) is 0.511. The molecule has 0 fully saturated rings. The zero-order valence-corrected chi connectivity index (χ0v) is 15.3. The van der Waals surface area contributed by atoms with Crippen molar-refractivity contribution in [2.24, 2.45) is 0 Å². The number of carbonyl (C=O) groups excluding carboxylic acids is 1. The molecule has 0 radical (unpaired) electrons. The SMILES string of the molecule is CCOC(=O)N(CC(Br)CBr)CC(Br)CBr. The molecule has 16 heavy (non-hydrogen) atoms. The number of carbonyl (C=O) groups is 1. The summed E-state index contributed by atoms with van der Waals surface area (Å²) in [6.07, 6.45) is -0.265. The Hall–Kier alpha value is 1.19. The van der Waals surface area contributed by atoms with Crippen molar-refractivity contribution in [1.82, 2.24) is 4.90 Å². The molecule has 7 heteroatoms. The fraction of sp³-hybridized carbons (Fsp3) is 0.889. The normalized spacial score (nSPS) is 14.3. The summed E-state index contributed by atoms with van der Waals surface area (Å²) in [7, 11) is 0. The van der Waals surface area contributed by atoms with Gasteiger partial charge in [0.1, 0.15) is 0 Å². The lowest BCUT2D eigenvalue weighted by Gasteiger charge is -2.25. The Morgan fingerprint density at radius 2 is 1.62 bits per heavy atom. The number of hydrogen-bond donors (Lipinski definition) is 0. The number of halogens is 4. The van der Waals surface area contributed by atoms with Crippen LogP contribution in [0.1, 0.15) is 6.92 Å². The number of amides is 1. The average Bonchev–Trinajstić information content (AvgIpc) is 2.27. The molecule has 1 amide bonds. The highest BCUT2D eigenvalue weighted by Crippen LogP contribution is 2.12. The second-order valence-corrected chi connectivity index (χ2v) is 6.99. The molecular weight excluding hydrogens is 474 g/mol. The first-order chi connectivity index (χ1) is 7.54. The number of ether oxygens (including phenoxy) is 1. The van der Waals surface area contributed by atoms with Crippen molar-refractivity contribution in [3.63, 3.8) is 0 Å². The number of alkyl halides is 4. The molecule has 2 unspecified atom stereocenters. The Kier molecular flexibility index (Phi) is 10.9. The van der Waals surface area contributed by atoms with Crippen molar-refractivity contribution in [2.45, 2.75) is 16.6 Å². The van der Waals surface area contributed by atoms with E-state index in [2.05, 4.69) is 63.7 Å². The number of rotatable bonds is 7. The molecule has 0 aromatic carbocycles. The van der Waals surface area contributed by atoms with Gasteiger partial charge in [0.15, 0.2) is 0 Å². The van der Waals surface area contributed by atoms with Crippen LogP contribution in [0.5, 0.6) is 0 Å². The van der Waals surface area contributed by atoms with Crippen LogP contribution >= 0.6 is 63.7 Å². The molecule has 0 spiro atoms. The van der Waals surface area contributed by atoms with E-state index >= 15 is 0 Å². The van der Waals surface area contributed by atoms with E-state index in [0.717, 1.165) is 10.7 Å². The van der Waals surface area contributed by atoms with Crippen LogP contribution in [0, 0.1) is 0 Å². The molecule has 0 aliphatic carbocycles. The van der Waals surface area contributed by atoms with Crippen LogP contribution in [0.15, 0.2) is 0 Å². The minimum absolute atomic E-state index is 0.229. The maximum Gasteiger partial charge on any atom is 0.409 e. The fourth-order valence-electron chi connectivity index (χ4n) is 1.01. The molecule has 0 aliphatic heterocycles. The lowest BCUT2D eigenvalue weighted by Crippen LogP contribution is -2.40. The summed E-state index contributed by atoms with van der Waals surface area (Å²) in [5.41, 5.74) is 0. The summed E-state index contributed by atoms with van der Waals surface area (Å²) < 4.78 is 5.01. The minimum atomic E-state index is -0.265. The molecule has 0 bridgehead atoms.